The molecule has 4 N–H and O–H groups in total. The van der Waals surface area contributed by atoms with Gasteiger partial charge in [0.1, 0.15) is 12.4 Å². The van der Waals surface area contributed by atoms with Crippen molar-refractivity contribution in [3.63, 3.8) is 0 Å². The Hall–Kier alpha value is -2.98. The fourth-order valence-electron chi connectivity index (χ4n) is 4.58. The first-order chi connectivity index (χ1) is 14.7. The summed E-state index contributed by atoms with van der Waals surface area (Å²) in [6, 6.07) is 7.05. The number of aromatic hydroxyl groups is 1. The summed E-state index contributed by atoms with van der Waals surface area (Å²) >= 11 is 0. The Bertz CT molecular complexity index is 1340. The molecule has 10 heteroatoms. The summed E-state index contributed by atoms with van der Waals surface area (Å²) in [5.41, 5.74) is 2.03. The van der Waals surface area contributed by atoms with Crippen molar-refractivity contribution in [1.82, 2.24) is 14.5 Å². The molecule has 2 aromatic heterocycles. The van der Waals surface area contributed by atoms with Gasteiger partial charge in [0.25, 0.3) is 5.56 Å². The van der Waals surface area contributed by atoms with Crippen LogP contribution in [0.2, 0.25) is 0 Å². The highest BCUT2D eigenvalue weighted by molar-refractivity contribution is 5.89. The van der Waals surface area contributed by atoms with Gasteiger partial charge in [0.05, 0.1) is 29.0 Å². The minimum Gasteiger partial charge on any atom is -1.00 e. The number of ether oxygens (including phenoxy) is 1. The maximum absolute atomic E-state index is 13.2. The third-order valence-corrected chi connectivity index (χ3v) is 6.25. The molecule has 0 unspecified atom stereocenters. The Morgan fingerprint density at radius 1 is 1.24 bits per heavy atom. The van der Waals surface area contributed by atoms with Crippen molar-refractivity contribution in [2.24, 2.45) is 0 Å². The van der Waals surface area contributed by atoms with Crippen LogP contribution in [0.3, 0.4) is 0 Å². The van der Waals surface area contributed by atoms with Gasteiger partial charge in [-0.05, 0) is 44.8 Å². The standard InChI is InChI=1S/C23H23N3O5.ClH.H2O/c1-4-23(30)16-8-18-20-12(9-26(18)21(28)15(16)11-31-22(23)29)7-13-14(10-25(2)3)19(27)6-5-17(13)24-20;;/h5-8,27,30H,4,9-11H2,1-3H3;1H;1H2/p-1/t23-;;/m0../s1. The van der Waals surface area contributed by atoms with Crippen molar-refractivity contribution in [1.29, 1.82) is 0 Å². The molecule has 2 aliphatic heterocycles. The van der Waals surface area contributed by atoms with Crippen molar-refractivity contribution in [3.8, 4) is 17.1 Å². The summed E-state index contributed by atoms with van der Waals surface area (Å²) in [5.74, 6) is -0.532. The van der Waals surface area contributed by atoms with Crippen molar-refractivity contribution in [3.05, 3.63) is 56.9 Å². The van der Waals surface area contributed by atoms with E-state index < -0.39 is 11.6 Å². The van der Waals surface area contributed by atoms with Gasteiger partial charge in [-0.15, -0.1) is 0 Å². The Kier molecular flexibility index (Phi) is 6.29. The maximum atomic E-state index is 13.2. The average Bonchev–Trinajstić information content (AvgIpc) is 3.10. The van der Waals surface area contributed by atoms with Crippen molar-refractivity contribution in [2.45, 2.75) is 38.6 Å². The molecule has 3 aromatic rings. The Morgan fingerprint density at radius 3 is 2.64 bits per heavy atom. The van der Waals surface area contributed by atoms with Crippen LogP contribution in [0.1, 0.15) is 35.6 Å². The van der Waals surface area contributed by atoms with E-state index in [-0.39, 0.29) is 42.2 Å². The molecule has 0 aliphatic carbocycles. The third-order valence-electron chi connectivity index (χ3n) is 6.25. The summed E-state index contributed by atoms with van der Waals surface area (Å²) in [6.45, 7) is 2.41. The molecule has 1 aromatic carbocycles. The number of aliphatic hydroxyl groups is 1. The molecule has 0 fully saturated rings. The maximum Gasteiger partial charge on any atom is 0.343 e. The van der Waals surface area contributed by atoms with E-state index >= 15 is 0 Å². The molecule has 2 aliphatic rings. The van der Waals surface area contributed by atoms with E-state index in [0.717, 1.165) is 16.5 Å². The topological polar surface area (TPSA) is 136 Å². The van der Waals surface area contributed by atoms with E-state index in [1.807, 2.05) is 25.1 Å². The van der Waals surface area contributed by atoms with Crippen LogP contribution >= 0.6 is 0 Å². The third kappa shape index (κ3) is 3.48. The number of phenols is 1. The molecule has 1 atom stereocenters. The van der Waals surface area contributed by atoms with Gasteiger partial charge in [0, 0.05) is 28.6 Å². The number of rotatable bonds is 3. The van der Waals surface area contributed by atoms with E-state index in [9.17, 15) is 19.8 Å². The van der Waals surface area contributed by atoms with Crippen molar-refractivity contribution >= 4 is 16.9 Å². The highest BCUT2D eigenvalue weighted by Crippen LogP contribution is 2.39. The van der Waals surface area contributed by atoms with Crippen LogP contribution in [0.25, 0.3) is 22.3 Å². The fourth-order valence-corrected chi connectivity index (χ4v) is 4.58. The second-order valence-corrected chi connectivity index (χ2v) is 8.47. The zero-order valence-corrected chi connectivity index (χ0v) is 19.2. The second-order valence-electron chi connectivity index (χ2n) is 8.47. The Balaban J connectivity index is 0.00000153. The van der Waals surface area contributed by atoms with Crippen LogP contribution in [0.5, 0.6) is 5.75 Å². The number of carbonyl (C=O) groups is 1. The lowest BCUT2D eigenvalue weighted by Gasteiger charge is -2.31. The van der Waals surface area contributed by atoms with E-state index in [0.29, 0.717) is 41.1 Å². The fraction of sp³-hybridized carbons (Fsp3) is 0.348. The quantitative estimate of drug-likeness (QED) is 0.328. The molecule has 0 bridgehead atoms. The van der Waals surface area contributed by atoms with E-state index in [1.165, 1.54) is 0 Å². The summed E-state index contributed by atoms with van der Waals surface area (Å²) in [6.07, 6.45) is 0.104. The number of esters is 1. The largest absolute Gasteiger partial charge is 1.00 e. The van der Waals surface area contributed by atoms with Gasteiger partial charge in [-0.1, -0.05) is 6.92 Å². The molecule has 9 nitrogen and oxygen atoms in total. The second kappa shape index (κ2) is 8.42. The number of hydrogen-bond acceptors (Lipinski definition) is 7. The van der Waals surface area contributed by atoms with Crippen molar-refractivity contribution < 1.29 is 37.6 Å². The molecular formula is C23H25ClN3O6-. The molecule has 0 saturated carbocycles. The molecular weight excluding hydrogens is 450 g/mol. The van der Waals surface area contributed by atoms with Crippen LogP contribution < -0.4 is 18.0 Å². The molecule has 0 saturated heterocycles. The van der Waals surface area contributed by atoms with Gasteiger partial charge < -0.3 is 42.3 Å². The van der Waals surface area contributed by atoms with E-state index in [1.54, 1.807) is 29.7 Å². The number of aromatic nitrogens is 2. The van der Waals surface area contributed by atoms with Crippen LogP contribution in [-0.4, -0.2) is 50.2 Å². The molecule has 0 radical (unpaired) electrons. The number of nitrogens with zero attached hydrogens (tertiary/aromatic N) is 3. The summed E-state index contributed by atoms with van der Waals surface area (Å²) in [5, 5.41) is 22.2. The number of halogens is 1. The normalized spacial score (nSPS) is 18.2. The highest BCUT2D eigenvalue weighted by Gasteiger charge is 2.45. The monoisotopic (exact) mass is 474 g/mol. The minimum atomic E-state index is -1.84. The molecule has 176 valence electrons. The number of fused-ring (bicyclic) bond motifs is 5. The number of hydrogen-bond donors (Lipinski definition) is 2. The van der Waals surface area contributed by atoms with E-state index in [2.05, 4.69) is 0 Å². The zero-order valence-electron chi connectivity index (χ0n) is 18.5. The predicted molar refractivity (Wildman–Crippen MR) is 117 cm³/mol. The number of carbonyl (C=O) groups excluding carboxylic acids is 1. The Labute approximate surface area is 196 Å². The van der Waals surface area contributed by atoms with Crippen LogP contribution in [-0.2, 0) is 34.8 Å². The van der Waals surface area contributed by atoms with Gasteiger partial charge >= 0.3 is 5.97 Å². The van der Waals surface area contributed by atoms with Gasteiger partial charge in [-0.25, -0.2) is 9.78 Å². The number of phenolic OH excluding ortho intramolecular Hbond substituents is 1. The molecule has 4 heterocycles. The smallest absolute Gasteiger partial charge is 0.343 e. The first kappa shape index (κ1) is 24.7. The summed E-state index contributed by atoms with van der Waals surface area (Å²) in [4.78, 5) is 32.3. The van der Waals surface area contributed by atoms with Crippen molar-refractivity contribution in [2.75, 3.05) is 14.1 Å². The van der Waals surface area contributed by atoms with Crippen LogP contribution in [0.4, 0.5) is 0 Å². The first-order valence-corrected chi connectivity index (χ1v) is 10.2. The summed E-state index contributed by atoms with van der Waals surface area (Å²) in [7, 11) is 3.86. The van der Waals surface area contributed by atoms with E-state index in [4.69, 9.17) is 9.72 Å². The first-order valence-electron chi connectivity index (χ1n) is 10.2. The molecule has 0 spiro atoms. The van der Waals surface area contributed by atoms with Gasteiger partial charge in [0.15, 0.2) is 5.60 Å². The number of cyclic esters (lactones) is 1. The highest BCUT2D eigenvalue weighted by atomic mass is 35.5. The van der Waals surface area contributed by atoms with Crippen LogP contribution in [0.15, 0.2) is 29.1 Å². The predicted octanol–water partition coefficient (Wildman–Crippen LogP) is -1.97. The molecule has 33 heavy (non-hydrogen) atoms. The summed E-state index contributed by atoms with van der Waals surface area (Å²) < 4.78 is 6.71. The SMILES string of the molecule is CC[C@@]1(O)C(=O)OCc2c1cc1n(c2=O)Cc2cc3c(CN(C)C)c(O)ccc3nc2-1.O.[Cl-]. The zero-order chi connectivity index (χ0) is 22.1. The molecule has 5 rings (SSSR count). The van der Waals surface area contributed by atoms with Crippen LogP contribution in [0, 0.1) is 0 Å². The minimum absolute atomic E-state index is 0. The van der Waals surface area contributed by atoms with Gasteiger partial charge in [-0.3, -0.25) is 4.79 Å². The lowest BCUT2D eigenvalue weighted by molar-refractivity contribution is -0.172. The number of benzene rings is 1. The average molecular weight is 475 g/mol. The molecule has 0 amide bonds. The lowest BCUT2D eigenvalue weighted by atomic mass is 9.86. The Morgan fingerprint density at radius 2 is 1.97 bits per heavy atom. The van der Waals surface area contributed by atoms with Gasteiger partial charge in [-0.2, -0.15) is 0 Å². The van der Waals surface area contributed by atoms with Gasteiger partial charge in [0.2, 0.25) is 0 Å². The lowest BCUT2D eigenvalue weighted by Crippen LogP contribution is -3.00. The number of pyridine rings is 2.